The average molecular weight is 196 g/mol. The zero-order chi connectivity index (χ0) is 9.80. The second kappa shape index (κ2) is 4.52. The molecule has 2 heterocycles. The Morgan fingerprint density at radius 1 is 1.57 bits per heavy atom. The number of hydrogen-bond donors (Lipinski definition) is 2. The maximum absolute atomic E-state index is 8.83. The fourth-order valence-electron chi connectivity index (χ4n) is 1.81. The number of aliphatic hydroxyl groups is 1. The van der Waals surface area contributed by atoms with Crippen molar-refractivity contribution in [1.29, 1.82) is 0 Å². The van der Waals surface area contributed by atoms with Crippen LogP contribution >= 0.6 is 0 Å². The molecule has 0 saturated carbocycles. The standard InChI is InChI=1S/C9H16N4O/c14-7-9-6-13(12-11-9)5-8-3-1-2-4-10-8/h6,8,10,14H,1-5,7H2/t8-/m0/s1. The summed E-state index contributed by atoms with van der Waals surface area (Å²) in [7, 11) is 0. The van der Waals surface area contributed by atoms with Gasteiger partial charge in [0.15, 0.2) is 0 Å². The summed E-state index contributed by atoms with van der Waals surface area (Å²) in [5.41, 5.74) is 0.640. The zero-order valence-electron chi connectivity index (χ0n) is 8.19. The van der Waals surface area contributed by atoms with Gasteiger partial charge in [-0.15, -0.1) is 5.10 Å². The third-order valence-corrected chi connectivity index (χ3v) is 2.57. The first-order valence-electron chi connectivity index (χ1n) is 5.12. The highest BCUT2D eigenvalue weighted by Gasteiger charge is 2.13. The van der Waals surface area contributed by atoms with E-state index in [-0.39, 0.29) is 6.61 Å². The number of rotatable bonds is 3. The van der Waals surface area contributed by atoms with Crippen molar-refractivity contribution >= 4 is 0 Å². The molecule has 1 aromatic heterocycles. The van der Waals surface area contributed by atoms with Gasteiger partial charge in [-0.05, 0) is 19.4 Å². The Kier molecular flexibility index (Phi) is 3.10. The lowest BCUT2D eigenvalue weighted by molar-refractivity contribution is 0.276. The van der Waals surface area contributed by atoms with Gasteiger partial charge in [-0.1, -0.05) is 11.6 Å². The predicted octanol–water partition coefficient (Wildman–Crippen LogP) is -0.0875. The van der Waals surface area contributed by atoms with Crippen molar-refractivity contribution in [3.05, 3.63) is 11.9 Å². The van der Waals surface area contributed by atoms with Gasteiger partial charge in [0, 0.05) is 6.04 Å². The topological polar surface area (TPSA) is 63.0 Å². The van der Waals surface area contributed by atoms with E-state index in [1.807, 2.05) is 0 Å². The van der Waals surface area contributed by atoms with E-state index in [2.05, 4.69) is 15.6 Å². The molecule has 78 valence electrons. The van der Waals surface area contributed by atoms with Gasteiger partial charge >= 0.3 is 0 Å². The van der Waals surface area contributed by atoms with Gasteiger partial charge in [-0.2, -0.15) is 0 Å². The van der Waals surface area contributed by atoms with E-state index in [4.69, 9.17) is 5.11 Å². The normalized spacial score (nSPS) is 22.5. The van der Waals surface area contributed by atoms with Crippen molar-refractivity contribution in [2.75, 3.05) is 6.54 Å². The Morgan fingerprint density at radius 2 is 2.50 bits per heavy atom. The van der Waals surface area contributed by atoms with Gasteiger partial charge < -0.3 is 10.4 Å². The molecule has 0 amide bonds. The Morgan fingerprint density at radius 3 is 3.14 bits per heavy atom. The average Bonchev–Trinajstić information content (AvgIpc) is 2.67. The third-order valence-electron chi connectivity index (χ3n) is 2.57. The molecule has 1 atom stereocenters. The summed E-state index contributed by atoms with van der Waals surface area (Å²) in [5, 5.41) is 20.1. The molecule has 1 aliphatic heterocycles. The molecule has 2 rings (SSSR count). The second-order valence-electron chi connectivity index (χ2n) is 3.74. The van der Waals surface area contributed by atoms with Gasteiger partial charge in [0.05, 0.1) is 19.3 Å². The minimum atomic E-state index is -0.0297. The van der Waals surface area contributed by atoms with E-state index in [0.717, 1.165) is 13.1 Å². The molecule has 5 heteroatoms. The second-order valence-corrected chi connectivity index (χ2v) is 3.74. The monoisotopic (exact) mass is 196 g/mol. The molecule has 0 aliphatic carbocycles. The Bertz CT molecular complexity index is 280. The molecule has 0 aromatic carbocycles. The van der Waals surface area contributed by atoms with Crippen molar-refractivity contribution in [3.63, 3.8) is 0 Å². The summed E-state index contributed by atoms with van der Waals surface area (Å²) in [6.45, 7) is 1.93. The van der Waals surface area contributed by atoms with Crippen molar-refractivity contribution in [1.82, 2.24) is 20.3 Å². The van der Waals surface area contributed by atoms with Crippen LogP contribution in [0.25, 0.3) is 0 Å². The van der Waals surface area contributed by atoms with Crippen LogP contribution in [0.1, 0.15) is 25.0 Å². The van der Waals surface area contributed by atoms with Crippen molar-refractivity contribution in [2.45, 2.75) is 38.5 Å². The minimum absolute atomic E-state index is 0.0297. The molecule has 1 saturated heterocycles. The molecule has 14 heavy (non-hydrogen) atoms. The summed E-state index contributed by atoms with van der Waals surface area (Å²) < 4.78 is 1.80. The molecule has 0 bridgehead atoms. The van der Waals surface area contributed by atoms with Crippen molar-refractivity contribution in [2.24, 2.45) is 0 Å². The van der Waals surface area contributed by atoms with E-state index < -0.39 is 0 Å². The first-order chi connectivity index (χ1) is 6.88. The molecule has 0 unspecified atom stereocenters. The highest BCUT2D eigenvalue weighted by molar-refractivity contribution is 4.89. The Hall–Kier alpha value is -0.940. The summed E-state index contributed by atoms with van der Waals surface area (Å²) in [6.07, 6.45) is 5.57. The zero-order valence-corrected chi connectivity index (χ0v) is 8.19. The van der Waals surface area contributed by atoms with Crippen LogP contribution in [0.3, 0.4) is 0 Å². The molecule has 1 aromatic rings. The molecule has 0 spiro atoms. The van der Waals surface area contributed by atoms with Gasteiger partial charge in [0.1, 0.15) is 5.69 Å². The van der Waals surface area contributed by atoms with Crippen LogP contribution in [-0.2, 0) is 13.2 Å². The predicted molar refractivity (Wildman–Crippen MR) is 51.6 cm³/mol. The van der Waals surface area contributed by atoms with Gasteiger partial charge in [0.2, 0.25) is 0 Å². The highest BCUT2D eigenvalue weighted by Crippen LogP contribution is 2.08. The summed E-state index contributed by atoms with van der Waals surface area (Å²) in [5.74, 6) is 0. The lowest BCUT2D eigenvalue weighted by atomic mass is 10.1. The molecule has 5 nitrogen and oxygen atoms in total. The quantitative estimate of drug-likeness (QED) is 0.709. The largest absolute Gasteiger partial charge is 0.390 e. The van der Waals surface area contributed by atoms with E-state index in [1.54, 1.807) is 10.9 Å². The van der Waals surface area contributed by atoms with Gasteiger partial charge in [-0.25, -0.2) is 0 Å². The first-order valence-corrected chi connectivity index (χ1v) is 5.12. The minimum Gasteiger partial charge on any atom is -0.390 e. The van der Waals surface area contributed by atoms with Gasteiger partial charge in [-0.3, -0.25) is 4.68 Å². The molecule has 1 aliphatic rings. The van der Waals surface area contributed by atoms with Crippen LogP contribution in [0, 0.1) is 0 Å². The number of piperidine rings is 1. The van der Waals surface area contributed by atoms with Crippen LogP contribution < -0.4 is 5.32 Å². The highest BCUT2D eigenvalue weighted by atomic mass is 16.3. The lowest BCUT2D eigenvalue weighted by Gasteiger charge is -2.22. The fourth-order valence-corrected chi connectivity index (χ4v) is 1.81. The number of nitrogens with one attached hydrogen (secondary N) is 1. The number of aliphatic hydroxyl groups excluding tert-OH is 1. The van der Waals surface area contributed by atoms with E-state index in [9.17, 15) is 0 Å². The Balaban J connectivity index is 1.89. The third kappa shape index (κ3) is 2.30. The van der Waals surface area contributed by atoms with Crippen LogP contribution in [0.15, 0.2) is 6.20 Å². The van der Waals surface area contributed by atoms with Crippen molar-refractivity contribution < 1.29 is 5.11 Å². The SMILES string of the molecule is OCc1cn(C[C@@H]2CCCCN2)nn1. The van der Waals surface area contributed by atoms with Gasteiger partial charge in [0.25, 0.3) is 0 Å². The van der Waals surface area contributed by atoms with Crippen LogP contribution in [0.2, 0.25) is 0 Å². The molecular weight excluding hydrogens is 180 g/mol. The van der Waals surface area contributed by atoms with E-state index in [0.29, 0.717) is 11.7 Å². The van der Waals surface area contributed by atoms with Crippen LogP contribution in [0.4, 0.5) is 0 Å². The van der Waals surface area contributed by atoms with Crippen molar-refractivity contribution in [3.8, 4) is 0 Å². The van der Waals surface area contributed by atoms with Crippen LogP contribution in [0.5, 0.6) is 0 Å². The molecule has 1 fully saturated rings. The lowest BCUT2D eigenvalue weighted by Crippen LogP contribution is -2.37. The maximum Gasteiger partial charge on any atom is 0.108 e. The summed E-state index contributed by atoms with van der Waals surface area (Å²) >= 11 is 0. The maximum atomic E-state index is 8.83. The Labute approximate surface area is 83.1 Å². The molecule has 2 N–H and O–H groups in total. The number of aromatic nitrogens is 3. The smallest absolute Gasteiger partial charge is 0.108 e. The first kappa shape index (κ1) is 9.61. The summed E-state index contributed by atoms with van der Waals surface area (Å²) in [4.78, 5) is 0. The van der Waals surface area contributed by atoms with E-state index >= 15 is 0 Å². The number of hydrogen-bond acceptors (Lipinski definition) is 4. The van der Waals surface area contributed by atoms with E-state index in [1.165, 1.54) is 19.3 Å². The molecule has 0 radical (unpaired) electrons. The fraction of sp³-hybridized carbons (Fsp3) is 0.778. The molecular formula is C9H16N4O. The summed E-state index contributed by atoms with van der Waals surface area (Å²) in [6, 6.07) is 0.511. The van der Waals surface area contributed by atoms with Crippen LogP contribution in [-0.4, -0.2) is 32.7 Å². The number of nitrogens with zero attached hydrogens (tertiary/aromatic N) is 3.